The van der Waals surface area contributed by atoms with E-state index in [4.69, 9.17) is 0 Å². The van der Waals surface area contributed by atoms with Gasteiger partial charge in [-0.25, -0.2) is 22.2 Å². The van der Waals surface area contributed by atoms with Gasteiger partial charge in [-0.3, -0.25) is 9.59 Å². The highest BCUT2D eigenvalue weighted by molar-refractivity contribution is 7.88. The maximum absolute atomic E-state index is 13.3. The topological polar surface area (TPSA) is 112 Å². The van der Waals surface area contributed by atoms with E-state index in [2.05, 4.69) is 15.3 Å². The molecule has 2 aromatic heterocycles. The second kappa shape index (κ2) is 8.35. The van der Waals surface area contributed by atoms with Crippen molar-refractivity contribution in [3.05, 3.63) is 71.0 Å². The Kier molecular flexibility index (Phi) is 5.56. The number of hydrogen-bond acceptors (Lipinski definition) is 5. The second-order valence-corrected chi connectivity index (χ2v) is 10.9. The van der Waals surface area contributed by atoms with Crippen LogP contribution in [0.25, 0.3) is 11.3 Å². The predicted octanol–water partition coefficient (Wildman–Crippen LogP) is 3.22. The Morgan fingerprint density at radius 2 is 1.94 bits per heavy atom. The molecular formula is C24H22F2N4O4S. The number of alkyl halides is 2. The third kappa shape index (κ3) is 4.61. The van der Waals surface area contributed by atoms with Crippen LogP contribution in [-0.4, -0.2) is 53.1 Å². The zero-order valence-electron chi connectivity index (χ0n) is 18.7. The molecule has 1 aromatic carbocycles. The number of nitrogens with zero attached hydrogens (tertiary/aromatic N) is 2. The fourth-order valence-electron chi connectivity index (χ4n) is 4.35. The summed E-state index contributed by atoms with van der Waals surface area (Å²) in [5, 5.41) is 2.44. The lowest BCUT2D eigenvalue weighted by molar-refractivity contribution is -0.119. The van der Waals surface area contributed by atoms with Gasteiger partial charge < -0.3 is 10.3 Å². The van der Waals surface area contributed by atoms with E-state index in [1.807, 2.05) is 30.3 Å². The minimum atomic E-state index is -3.59. The van der Waals surface area contributed by atoms with E-state index in [-0.39, 0.29) is 24.7 Å². The number of anilines is 1. The molecule has 0 bridgehead atoms. The van der Waals surface area contributed by atoms with Crippen molar-refractivity contribution >= 4 is 27.5 Å². The molecule has 2 aliphatic rings. The Hall–Kier alpha value is -3.44. The van der Waals surface area contributed by atoms with Crippen LogP contribution in [0.2, 0.25) is 0 Å². The van der Waals surface area contributed by atoms with Gasteiger partial charge in [-0.2, -0.15) is 4.31 Å². The van der Waals surface area contributed by atoms with E-state index in [0.717, 1.165) is 16.1 Å². The number of carbonyl (C=O) groups is 2. The Balaban J connectivity index is 1.55. The maximum Gasteiger partial charge on any atom is 0.260 e. The van der Waals surface area contributed by atoms with Gasteiger partial charge >= 0.3 is 0 Å². The number of amides is 1. The Morgan fingerprint density at radius 1 is 1.23 bits per heavy atom. The fraction of sp³-hybridized carbons (Fsp3) is 0.292. The SMILES string of the molecule is CS(=O)(=O)N1CC(=O)c2c([nH]c(-c3ccnc(NC(=O)C4CC4(F)F)c3)c2Cc2ccccc2)C1. The molecule has 3 heterocycles. The number of aromatic amines is 1. The van der Waals surface area contributed by atoms with Gasteiger partial charge in [0.25, 0.3) is 5.92 Å². The summed E-state index contributed by atoms with van der Waals surface area (Å²) in [5.41, 5.74) is 3.74. The number of aromatic nitrogens is 2. The molecule has 0 radical (unpaired) electrons. The first kappa shape index (κ1) is 23.3. The molecule has 0 spiro atoms. The minimum absolute atomic E-state index is 0.0210. The van der Waals surface area contributed by atoms with Gasteiger partial charge in [-0.15, -0.1) is 0 Å². The number of carbonyl (C=O) groups excluding carboxylic acids is 2. The molecule has 3 aromatic rings. The van der Waals surface area contributed by atoms with Crippen molar-refractivity contribution in [1.29, 1.82) is 0 Å². The number of H-pyrrole nitrogens is 1. The fourth-order valence-corrected chi connectivity index (χ4v) is 5.06. The van der Waals surface area contributed by atoms with Crippen molar-refractivity contribution < 1.29 is 26.8 Å². The minimum Gasteiger partial charge on any atom is -0.356 e. The number of sulfonamides is 1. The van der Waals surface area contributed by atoms with Crippen molar-refractivity contribution in [2.24, 2.45) is 5.92 Å². The lowest BCUT2D eigenvalue weighted by Gasteiger charge is -2.24. The molecule has 1 aliphatic carbocycles. The first-order chi connectivity index (χ1) is 16.5. The maximum atomic E-state index is 13.3. The molecular weight excluding hydrogens is 478 g/mol. The average molecular weight is 501 g/mol. The van der Waals surface area contributed by atoms with E-state index in [1.165, 1.54) is 6.20 Å². The Labute approximate surface area is 200 Å². The van der Waals surface area contributed by atoms with Crippen LogP contribution in [0.15, 0.2) is 48.7 Å². The van der Waals surface area contributed by atoms with Crippen molar-refractivity contribution in [1.82, 2.24) is 14.3 Å². The van der Waals surface area contributed by atoms with Crippen LogP contribution in [0.5, 0.6) is 0 Å². The van der Waals surface area contributed by atoms with Crippen molar-refractivity contribution in [2.75, 3.05) is 18.1 Å². The van der Waals surface area contributed by atoms with Crippen LogP contribution in [0.1, 0.15) is 33.6 Å². The molecule has 0 saturated heterocycles. The number of fused-ring (bicyclic) bond motifs is 1. The highest BCUT2D eigenvalue weighted by Crippen LogP contribution is 2.49. The number of hydrogen-bond donors (Lipinski definition) is 2. The monoisotopic (exact) mass is 500 g/mol. The van der Waals surface area contributed by atoms with Gasteiger partial charge in [0.1, 0.15) is 11.7 Å². The van der Waals surface area contributed by atoms with Crippen LogP contribution in [0, 0.1) is 5.92 Å². The normalized spacial score (nSPS) is 19.3. The van der Waals surface area contributed by atoms with Crippen LogP contribution in [0.4, 0.5) is 14.6 Å². The number of nitrogens with one attached hydrogen (secondary N) is 2. The predicted molar refractivity (Wildman–Crippen MR) is 125 cm³/mol. The molecule has 1 aliphatic heterocycles. The Bertz CT molecular complexity index is 1440. The molecule has 1 atom stereocenters. The van der Waals surface area contributed by atoms with Gasteiger partial charge in [-0.05, 0) is 23.3 Å². The van der Waals surface area contributed by atoms with Gasteiger partial charge in [0.05, 0.1) is 25.0 Å². The number of halogens is 2. The summed E-state index contributed by atoms with van der Waals surface area (Å²) < 4.78 is 51.9. The second-order valence-electron chi connectivity index (χ2n) is 8.89. The summed E-state index contributed by atoms with van der Waals surface area (Å²) in [7, 11) is -3.59. The molecule has 35 heavy (non-hydrogen) atoms. The largest absolute Gasteiger partial charge is 0.356 e. The molecule has 1 saturated carbocycles. The van der Waals surface area contributed by atoms with Gasteiger partial charge in [-0.1, -0.05) is 30.3 Å². The molecule has 1 amide bonds. The van der Waals surface area contributed by atoms with E-state index in [9.17, 15) is 26.8 Å². The number of benzene rings is 1. The number of ketones is 1. The lowest BCUT2D eigenvalue weighted by atomic mass is 9.94. The van der Waals surface area contributed by atoms with Crippen molar-refractivity contribution in [3.63, 3.8) is 0 Å². The standard InChI is InChI=1S/C24H22F2N4O4S/c1-35(33,34)30-12-18-21(19(31)13-30)16(9-14-5-3-2-4-6-14)22(28-18)15-7-8-27-20(10-15)29-23(32)17-11-24(17,25)26/h2-8,10,17,28H,9,11-13H2,1H3,(H,27,29,32). The molecule has 8 nitrogen and oxygen atoms in total. The van der Waals surface area contributed by atoms with Gasteiger partial charge in [0.2, 0.25) is 15.9 Å². The van der Waals surface area contributed by atoms with E-state index in [0.29, 0.717) is 34.5 Å². The third-order valence-corrected chi connectivity index (χ3v) is 7.45. The van der Waals surface area contributed by atoms with Crippen LogP contribution < -0.4 is 5.32 Å². The van der Waals surface area contributed by atoms with E-state index in [1.54, 1.807) is 12.1 Å². The average Bonchev–Trinajstić information content (AvgIpc) is 3.29. The van der Waals surface area contributed by atoms with Gasteiger partial charge in [0, 0.05) is 35.9 Å². The van der Waals surface area contributed by atoms with E-state index >= 15 is 0 Å². The summed E-state index contributed by atoms with van der Waals surface area (Å²) in [5.74, 6) is -5.36. The number of Topliss-reactive ketones (excluding diaryl/α,β-unsaturated/α-hetero) is 1. The summed E-state index contributed by atoms with van der Waals surface area (Å²) in [6.07, 6.45) is 2.42. The van der Waals surface area contributed by atoms with Gasteiger partial charge in [0.15, 0.2) is 5.78 Å². The lowest BCUT2D eigenvalue weighted by Crippen LogP contribution is -2.38. The summed E-state index contributed by atoms with van der Waals surface area (Å²) >= 11 is 0. The quantitative estimate of drug-likeness (QED) is 0.540. The molecule has 5 rings (SSSR count). The summed E-state index contributed by atoms with van der Waals surface area (Å²) in [6.45, 7) is -0.231. The highest BCUT2D eigenvalue weighted by atomic mass is 32.2. The molecule has 1 fully saturated rings. The highest BCUT2D eigenvalue weighted by Gasteiger charge is 2.61. The molecule has 1 unspecified atom stereocenters. The number of pyridine rings is 1. The van der Waals surface area contributed by atoms with E-state index < -0.39 is 34.2 Å². The molecule has 182 valence electrons. The van der Waals surface area contributed by atoms with Crippen LogP contribution in [-0.2, 0) is 27.8 Å². The zero-order valence-corrected chi connectivity index (χ0v) is 19.5. The van der Waals surface area contributed by atoms with Crippen molar-refractivity contribution in [3.8, 4) is 11.3 Å². The Morgan fingerprint density at radius 3 is 2.60 bits per heavy atom. The third-order valence-electron chi connectivity index (χ3n) is 6.25. The smallest absolute Gasteiger partial charge is 0.260 e. The molecule has 2 N–H and O–H groups in total. The number of rotatable bonds is 6. The van der Waals surface area contributed by atoms with Crippen LogP contribution >= 0.6 is 0 Å². The first-order valence-corrected chi connectivity index (χ1v) is 12.8. The summed E-state index contributed by atoms with van der Waals surface area (Å²) in [6, 6.07) is 12.7. The van der Waals surface area contributed by atoms with Crippen molar-refractivity contribution in [2.45, 2.75) is 25.3 Å². The molecule has 11 heteroatoms. The van der Waals surface area contributed by atoms with Crippen LogP contribution in [0.3, 0.4) is 0 Å². The first-order valence-electron chi connectivity index (χ1n) is 10.9. The summed E-state index contributed by atoms with van der Waals surface area (Å²) in [4.78, 5) is 32.5. The zero-order chi connectivity index (χ0) is 25.0.